The third-order valence-corrected chi connectivity index (χ3v) is 3.28. The molecule has 0 radical (unpaired) electrons. The molecule has 0 unspecified atom stereocenters. The van der Waals surface area contributed by atoms with E-state index in [0.29, 0.717) is 5.57 Å². The molecule has 0 heterocycles. The molecule has 0 aliphatic rings. The summed E-state index contributed by atoms with van der Waals surface area (Å²) >= 11 is 0. The fourth-order valence-electron chi connectivity index (χ4n) is 2.10. The van der Waals surface area contributed by atoms with Crippen LogP contribution in [0.1, 0.15) is 18.1 Å². The molecule has 2 aromatic rings. The highest BCUT2D eigenvalue weighted by Crippen LogP contribution is 2.24. The van der Waals surface area contributed by atoms with Crippen LogP contribution in [0.15, 0.2) is 61.2 Å². The van der Waals surface area contributed by atoms with Gasteiger partial charge in [-0.25, -0.2) is 0 Å². The SMILES string of the molecule is C=C/C=C\c1cc2cc(NC(=O)C(=C)C)ccc2cc1C. The lowest BCUT2D eigenvalue weighted by atomic mass is 10.0. The fraction of sp³-hybridized carbons (Fsp3) is 0.105. The maximum atomic E-state index is 11.7. The summed E-state index contributed by atoms with van der Waals surface area (Å²) in [5.41, 5.74) is 3.62. The molecule has 0 bridgehead atoms. The van der Waals surface area contributed by atoms with Gasteiger partial charge in [0.15, 0.2) is 0 Å². The molecule has 0 aliphatic carbocycles. The minimum Gasteiger partial charge on any atom is -0.322 e. The third kappa shape index (κ3) is 3.48. The van der Waals surface area contributed by atoms with Gasteiger partial charge in [-0.15, -0.1) is 0 Å². The number of allylic oxidation sites excluding steroid dienone is 2. The predicted octanol–water partition coefficient (Wildman–Crippen LogP) is 4.86. The van der Waals surface area contributed by atoms with E-state index in [9.17, 15) is 4.79 Å². The molecule has 1 N–H and O–H groups in total. The Kier molecular flexibility index (Phi) is 4.39. The summed E-state index contributed by atoms with van der Waals surface area (Å²) in [5.74, 6) is -0.159. The van der Waals surface area contributed by atoms with Crippen molar-refractivity contribution in [2.24, 2.45) is 0 Å². The van der Waals surface area contributed by atoms with Crippen LogP contribution in [-0.2, 0) is 4.79 Å². The van der Waals surface area contributed by atoms with Gasteiger partial charge in [0.1, 0.15) is 0 Å². The molecule has 21 heavy (non-hydrogen) atoms. The highest BCUT2D eigenvalue weighted by atomic mass is 16.1. The number of rotatable bonds is 4. The van der Waals surface area contributed by atoms with Gasteiger partial charge in [0, 0.05) is 11.3 Å². The minimum absolute atomic E-state index is 0.159. The van der Waals surface area contributed by atoms with Gasteiger partial charge in [0.25, 0.3) is 5.91 Å². The summed E-state index contributed by atoms with van der Waals surface area (Å²) in [4.78, 5) is 11.7. The largest absolute Gasteiger partial charge is 0.322 e. The molecule has 2 heteroatoms. The second-order valence-corrected chi connectivity index (χ2v) is 5.10. The quantitative estimate of drug-likeness (QED) is 0.627. The van der Waals surface area contributed by atoms with Crippen LogP contribution < -0.4 is 5.32 Å². The van der Waals surface area contributed by atoms with Crippen molar-refractivity contribution in [3.8, 4) is 0 Å². The Bertz CT molecular complexity index is 753. The monoisotopic (exact) mass is 277 g/mol. The first kappa shape index (κ1) is 14.8. The van der Waals surface area contributed by atoms with Crippen LogP contribution in [-0.4, -0.2) is 5.91 Å². The summed E-state index contributed by atoms with van der Waals surface area (Å²) < 4.78 is 0. The number of carbonyl (C=O) groups is 1. The van der Waals surface area contributed by atoms with E-state index in [2.05, 4.69) is 37.5 Å². The lowest BCUT2D eigenvalue weighted by molar-refractivity contribution is -0.112. The van der Waals surface area contributed by atoms with E-state index in [4.69, 9.17) is 0 Å². The van der Waals surface area contributed by atoms with Gasteiger partial charge < -0.3 is 5.32 Å². The second kappa shape index (κ2) is 6.23. The van der Waals surface area contributed by atoms with Crippen LogP contribution in [0.4, 0.5) is 5.69 Å². The van der Waals surface area contributed by atoms with Crippen LogP contribution in [0, 0.1) is 6.92 Å². The summed E-state index contributed by atoms with van der Waals surface area (Å²) in [6, 6.07) is 10.1. The Morgan fingerprint density at radius 2 is 1.95 bits per heavy atom. The van der Waals surface area contributed by atoms with Gasteiger partial charge >= 0.3 is 0 Å². The summed E-state index contributed by atoms with van der Waals surface area (Å²) in [6.45, 7) is 11.1. The molecular formula is C19H19NO. The number of hydrogen-bond acceptors (Lipinski definition) is 1. The second-order valence-electron chi connectivity index (χ2n) is 5.10. The van der Waals surface area contributed by atoms with E-state index in [1.165, 1.54) is 5.56 Å². The first-order valence-electron chi connectivity index (χ1n) is 6.81. The number of carbonyl (C=O) groups excluding carboxylic acids is 1. The number of aryl methyl sites for hydroxylation is 1. The maximum absolute atomic E-state index is 11.7. The topological polar surface area (TPSA) is 29.1 Å². The Hall–Kier alpha value is -2.61. The minimum atomic E-state index is -0.159. The molecule has 2 rings (SSSR count). The van der Waals surface area contributed by atoms with Crippen molar-refractivity contribution in [3.63, 3.8) is 0 Å². The van der Waals surface area contributed by atoms with Crippen molar-refractivity contribution in [3.05, 3.63) is 72.3 Å². The number of benzene rings is 2. The number of hydrogen-bond donors (Lipinski definition) is 1. The third-order valence-electron chi connectivity index (χ3n) is 3.28. The maximum Gasteiger partial charge on any atom is 0.250 e. The standard InChI is InChI=1S/C19H19NO/c1-5-6-7-15-11-17-12-18(20-19(21)13(2)3)9-8-16(17)10-14(15)4/h5-12H,1-2H2,3-4H3,(H,20,21)/b7-6-. The molecule has 2 nitrogen and oxygen atoms in total. The summed E-state index contributed by atoms with van der Waals surface area (Å²) in [7, 11) is 0. The van der Waals surface area contributed by atoms with E-state index in [-0.39, 0.29) is 5.91 Å². The average Bonchev–Trinajstić information content (AvgIpc) is 2.45. The molecule has 1 amide bonds. The van der Waals surface area contributed by atoms with E-state index in [1.54, 1.807) is 13.0 Å². The highest BCUT2D eigenvalue weighted by molar-refractivity contribution is 6.04. The van der Waals surface area contributed by atoms with E-state index < -0.39 is 0 Å². The molecule has 0 aromatic heterocycles. The molecule has 0 fully saturated rings. The van der Waals surface area contributed by atoms with Crippen LogP contribution in [0.2, 0.25) is 0 Å². The van der Waals surface area contributed by atoms with Crippen molar-refractivity contribution in [1.82, 2.24) is 0 Å². The van der Waals surface area contributed by atoms with E-state index in [1.807, 2.05) is 30.4 Å². The zero-order valence-electron chi connectivity index (χ0n) is 12.4. The van der Waals surface area contributed by atoms with Crippen molar-refractivity contribution >= 4 is 28.4 Å². The van der Waals surface area contributed by atoms with Gasteiger partial charge in [-0.1, -0.05) is 43.5 Å². The molecule has 0 saturated heterocycles. The van der Waals surface area contributed by atoms with Crippen molar-refractivity contribution in [1.29, 1.82) is 0 Å². The van der Waals surface area contributed by atoms with Crippen molar-refractivity contribution in [2.45, 2.75) is 13.8 Å². The van der Waals surface area contributed by atoms with Gasteiger partial charge in [0.2, 0.25) is 0 Å². The van der Waals surface area contributed by atoms with Gasteiger partial charge in [-0.2, -0.15) is 0 Å². The van der Waals surface area contributed by atoms with Crippen LogP contribution in [0.5, 0.6) is 0 Å². The normalized spacial score (nSPS) is 10.8. The van der Waals surface area contributed by atoms with Gasteiger partial charge in [0.05, 0.1) is 0 Å². The van der Waals surface area contributed by atoms with Crippen LogP contribution in [0.3, 0.4) is 0 Å². The zero-order valence-corrected chi connectivity index (χ0v) is 12.4. The molecule has 0 aliphatic heterocycles. The van der Waals surface area contributed by atoms with Gasteiger partial charge in [-0.05, 0) is 53.9 Å². The molecular weight excluding hydrogens is 258 g/mol. The lowest BCUT2D eigenvalue weighted by Gasteiger charge is -2.08. The van der Waals surface area contributed by atoms with Crippen LogP contribution in [0.25, 0.3) is 16.8 Å². The molecule has 0 atom stereocenters. The zero-order chi connectivity index (χ0) is 15.4. The van der Waals surface area contributed by atoms with Gasteiger partial charge in [-0.3, -0.25) is 4.79 Å². The smallest absolute Gasteiger partial charge is 0.250 e. The molecule has 2 aromatic carbocycles. The number of fused-ring (bicyclic) bond motifs is 1. The van der Waals surface area contributed by atoms with Crippen LogP contribution >= 0.6 is 0 Å². The Morgan fingerprint density at radius 1 is 1.19 bits per heavy atom. The van der Waals surface area contributed by atoms with Crippen molar-refractivity contribution < 1.29 is 4.79 Å². The molecule has 106 valence electrons. The van der Waals surface area contributed by atoms with E-state index >= 15 is 0 Å². The average molecular weight is 277 g/mol. The lowest BCUT2D eigenvalue weighted by Crippen LogP contribution is -2.11. The highest BCUT2D eigenvalue weighted by Gasteiger charge is 2.04. The molecule has 0 saturated carbocycles. The fourth-order valence-corrected chi connectivity index (χ4v) is 2.10. The Balaban J connectivity index is 2.43. The van der Waals surface area contributed by atoms with Crippen molar-refractivity contribution in [2.75, 3.05) is 5.32 Å². The number of nitrogens with one attached hydrogen (secondary N) is 1. The first-order chi connectivity index (χ1) is 10.0. The summed E-state index contributed by atoms with van der Waals surface area (Å²) in [6.07, 6.45) is 5.70. The number of anilines is 1. The Labute approximate surface area is 125 Å². The molecule has 0 spiro atoms. The Morgan fingerprint density at radius 3 is 2.62 bits per heavy atom. The first-order valence-corrected chi connectivity index (χ1v) is 6.81. The van der Waals surface area contributed by atoms with E-state index in [0.717, 1.165) is 22.0 Å². The summed E-state index contributed by atoms with van der Waals surface area (Å²) in [5, 5.41) is 5.07. The number of amides is 1. The predicted molar refractivity (Wildman–Crippen MR) is 91.4 cm³/mol.